The zero-order valence-electron chi connectivity index (χ0n) is 18.2. The van der Waals surface area contributed by atoms with Crippen molar-refractivity contribution in [2.24, 2.45) is 5.10 Å². The molecule has 7 nitrogen and oxygen atoms in total. The number of nitrogens with one attached hydrogen (secondary N) is 1. The van der Waals surface area contributed by atoms with Gasteiger partial charge < -0.3 is 13.9 Å². The zero-order chi connectivity index (χ0) is 23.9. The maximum Gasteiger partial charge on any atom is 0.307 e. The summed E-state index contributed by atoms with van der Waals surface area (Å²) < 4.78 is 17.9. The third kappa shape index (κ3) is 5.27. The first-order chi connectivity index (χ1) is 16.6. The van der Waals surface area contributed by atoms with Crippen LogP contribution in [-0.4, -0.2) is 18.7 Å². The van der Waals surface area contributed by atoms with Crippen molar-refractivity contribution in [2.75, 3.05) is 6.61 Å². The van der Waals surface area contributed by atoms with E-state index in [1.54, 1.807) is 30.3 Å². The highest BCUT2D eigenvalue weighted by atomic mass is 79.9. The Hall–Kier alpha value is -4.09. The highest BCUT2D eigenvalue weighted by Gasteiger charge is 2.13. The quantitative estimate of drug-likeness (QED) is 0.235. The molecule has 8 heteroatoms. The van der Waals surface area contributed by atoms with Gasteiger partial charge in [0.05, 0.1) is 24.5 Å². The summed E-state index contributed by atoms with van der Waals surface area (Å²) in [4.78, 5) is 12.4. The number of nitrogens with zero attached hydrogens (tertiary/aromatic N) is 2. The van der Waals surface area contributed by atoms with Crippen LogP contribution < -0.4 is 14.9 Å². The molecule has 3 aromatic carbocycles. The Labute approximate surface area is 204 Å². The molecule has 0 saturated carbocycles. The fourth-order valence-corrected chi connectivity index (χ4v) is 3.68. The van der Waals surface area contributed by atoms with Gasteiger partial charge in [0.25, 0.3) is 0 Å². The van der Waals surface area contributed by atoms with Gasteiger partial charge in [-0.3, -0.25) is 4.79 Å². The van der Waals surface area contributed by atoms with E-state index in [1.807, 2.05) is 43.3 Å². The van der Waals surface area contributed by atoms with Gasteiger partial charge in [-0.2, -0.15) is 10.4 Å². The second-order valence-electron chi connectivity index (χ2n) is 7.16. The third-order valence-electron chi connectivity index (χ3n) is 4.90. The SMILES string of the molecule is CCOc1cc(C=NNC(=O)c2cc3ccccc3o2)c(Br)cc1OCc1ccccc1C#N. The first-order valence-electron chi connectivity index (χ1n) is 10.5. The number of carbonyl (C=O) groups is 1. The van der Waals surface area contributed by atoms with Gasteiger partial charge in [-0.05, 0) is 53.2 Å². The van der Waals surface area contributed by atoms with Crippen LogP contribution in [0.15, 0.2) is 80.7 Å². The molecule has 1 heterocycles. The van der Waals surface area contributed by atoms with Gasteiger partial charge in [0.15, 0.2) is 17.3 Å². The standard InChI is InChI=1S/C26H20BrN3O4/c1-2-32-23-12-20(15-29-30-26(31)25-11-17-7-5-6-10-22(17)34-25)21(27)13-24(23)33-16-19-9-4-3-8-18(19)14-28/h3-13,15H,2,16H2,1H3,(H,30,31). The van der Waals surface area contributed by atoms with Gasteiger partial charge in [-0.1, -0.05) is 36.4 Å². The normalized spacial score (nSPS) is 10.9. The maximum absolute atomic E-state index is 12.4. The van der Waals surface area contributed by atoms with Gasteiger partial charge in [0.2, 0.25) is 0 Å². The molecule has 1 N–H and O–H groups in total. The minimum atomic E-state index is -0.454. The van der Waals surface area contributed by atoms with E-state index in [4.69, 9.17) is 13.9 Å². The minimum absolute atomic E-state index is 0.175. The van der Waals surface area contributed by atoms with E-state index in [0.717, 1.165) is 10.9 Å². The Kier molecular flexibility index (Phi) is 7.25. The largest absolute Gasteiger partial charge is 0.490 e. The van der Waals surface area contributed by atoms with Crippen LogP contribution >= 0.6 is 15.9 Å². The Morgan fingerprint density at radius 1 is 1.12 bits per heavy atom. The van der Waals surface area contributed by atoms with Crippen LogP contribution in [0.1, 0.15) is 34.2 Å². The minimum Gasteiger partial charge on any atom is -0.490 e. The van der Waals surface area contributed by atoms with Crippen molar-refractivity contribution in [3.05, 3.63) is 93.7 Å². The first kappa shape index (κ1) is 23.1. The fourth-order valence-electron chi connectivity index (χ4n) is 3.25. The number of hydrogen-bond donors (Lipinski definition) is 1. The molecule has 0 aliphatic carbocycles. The van der Waals surface area contributed by atoms with Crippen LogP contribution in [0.3, 0.4) is 0 Å². The molecule has 170 valence electrons. The molecule has 0 aliphatic rings. The molecule has 4 aromatic rings. The van der Waals surface area contributed by atoms with Crippen molar-refractivity contribution in [1.82, 2.24) is 5.43 Å². The number of para-hydroxylation sites is 1. The Bertz CT molecular complexity index is 1370. The number of benzene rings is 3. The number of carbonyl (C=O) groups excluding carboxylic acids is 1. The van der Waals surface area contributed by atoms with Gasteiger partial charge in [-0.25, -0.2) is 5.43 Å². The predicted octanol–water partition coefficient (Wildman–Crippen LogP) is 5.81. The lowest BCUT2D eigenvalue weighted by Crippen LogP contribution is -2.16. The van der Waals surface area contributed by atoms with Gasteiger partial charge in [0, 0.05) is 21.0 Å². The number of nitriles is 1. The van der Waals surface area contributed by atoms with Gasteiger partial charge in [0.1, 0.15) is 12.2 Å². The van der Waals surface area contributed by atoms with Gasteiger partial charge in [-0.15, -0.1) is 0 Å². The summed E-state index contributed by atoms with van der Waals surface area (Å²) in [6, 6.07) is 22.0. The van der Waals surface area contributed by atoms with Crippen LogP contribution in [0.2, 0.25) is 0 Å². The van der Waals surface area contributed by atoms with E-state index in [9.17, 15) is 10.1 Å². The lowest BCUT2D eigenvalue weighted by Gasteiger charge is -2.14. The van der Waals surface area contributed by atoms with Crippen molar-refractivity contribution in [2.45, 2.75) is 13.5 Å². The van der Waals surface area contributed by atoms with E-state index < -0.39 is 5.91 Å². The maximum atomic E-state index is 12.4. The summed E-state index contributed by atoms with van der Waals surface area (Å²) in [6.45, 7) is 2.53. The van der Waals surface area contributed by atoms with E-state index in [0.29, 0.717) is 39.3 Å². The topological polar surface area (TPSA) is 96.8 Å². The Morgan fingerprint density at radius 2 is 1.88 bits per heavy atom. The third-order valence-corrected chi connectivity index (χ3v) is 5.59. The van der Waals surface area contributed by atoms with Crippen LogP contribution in [0.25, 0.3) is 11.0 Å². The number of halogens is 1. The molecule has 0 saturated heterocycles. The molecule has 0 aliphatic heterocycles. The van der Waals surface area contributed by atoms with Gasteiger partial charge >= 0.3 is 5.91 Å². The van der Waals surface area contributed by atoms with E-state index in [-0.39, 0.29) is 12.4 Å². The smallest absolute Gasteiger partial charge is 0.307 e. The number of ether oxygens (including phenoxy) is 2. The van der Waals surface area contributed by atoms with Crippen LogP contribution in [0.4, 0.5) is 0 Å². The Balaban J connectivity index is 1.48. The average molecular weight is 518 g/mol. The first-order valence-corrected chi connectivity index (χ1v) is 11.3. The number of rotatable bonds is 8. The number of amides is 1. The number of furan rings is 1. The molecule has 4 rings (SSSR count). The highest BCUT2D eigenvalue weighted by molar-refractivity contribution is 9.10. The zero-order valence-corrected chi connectivity index (χ0v) is 19.8. The fraction of sp³-hybridized carbons (Fsp3) is 0.115. The molecule has 0 spiro atoms. The number of hydrogen-bond acceptors (Lipinski definition) is 6. The molecule has 0 radical (unpaired) electrons. The molecule has 0 fully saturated rings. The van der Waals surface area contributed by atoms with Crippen LogP contribution in [0.5, 0.6) is 11.5 Å². The predicted molar refractivity (Wildman–Crippen MR) is 132 cm³/mol. The second-order valence-corrected chi connectivity index (χ2v) is 8.01. The van der Waals surface area contributed by atoms with Crippen molar-refractivity contribution in [3.8, 4) is 17.6 Å². The average Bonchev–Trinajstić information content (AvgIpc) is 3.29. The number of hydrazone groups is 1. The number of fused-ring (bicyclic) bond motifs is 1. The van der Waals surface area contributed by atoms with E-state index in [1.165, 1.54) is 6.21 Å². The van der Waals surface area contributed by atoms with Crippen molar-refractivity contribution < 1.29 is 18.7 Å². The molecule has 0 atom stereocenters. The summed E-state index contributed by atoms with van der Waals surface area (Å²) in [5.41, 5.74) is 5.13. The second kappa shape index (κ2) is 10.7. The monoisotopic (exact) mass is 517 g/mol. The van der Waals surface area contributed by atoms with Crippen molar-refractivity contribution in [3.63, 3.8) is 0 Å². The summed E-state index contributed by atoms with van der Waals surface area (Å²) >= 11 is 3.51. The lowest BCUT2D eigenvalue weighted by atomic mass is 10.1. The highest BCUT2D eigenvalue weighted by Crippen LogP contribution is 2.34. The molecule has 1 amide bonds. The van der Waals surface area contributed by atoms with E-state index >= 15 is 0 Å². The molecule has 0 unspecified atom stereocenters. The Morgan fingerprint density at radius 3 is 2.68 bits per heavy atom. The van der Waals surface area contributed by atoms with Crippen LogP contribution in [-0.2, 0) is 6.61 Å². The summed E-state index contributed by atoms with van der Waals surface area (Å²) in [7, 11) is 0. The van der Waals surface area contributed by atoms with E-state index in [2.05, 4.69) is 32.5 Å². The molecular weight excluding hydrogens is 498 g/mol. The van der Waals surface area contributed by atoms with Crippen molar-refractivity contribution >= 4 is 39.0 Å². The molecular formula is C26H20BrN3O4. The van der Waals surface area contributed by atoms with Crippen molar-refractivity contribution in [1.29, 1.82) is 5.26 Å². The lowest BCUT2D eigenvalue weighted by molar-refractivity contribution is 0.0929. The molecule has 1 aromatic heterocycles. The summed E-state index contributed by atoms with van der Waals surface area (Å²) in [6.07, 6.45) is 1.50. The molecule has 0 bridgehead atoms. The summed E-state index contributed by atoms with van der Waals surface area (Å²) in [5, 5.41) is 14.2. The summed E-state index contributed by atoms with van der Waals surface area (Å²) in [5.74, 6) is 0.758. The molecule has 34 heavy (non-hydrogen) atoms. The van der Waals surface area contributed by atoms with Crippen LogP contribution in [0, 0.1) is 11.3 Å².